The molecule has 0 bridgehead atoms. The molecule has 0 N–H and O–H groups in total. The van der Waals surface area contributed by atoms with Crippen molar-refractivity contribution < 1.29 is 28.1 Å². The number of carbonyl (C=O) groups excluding carboxylic acids is 1. The van der Waals surface area contributed by atoms with Gasteiger partial charge in [0.05, 0.1) is 19.8 Å². The Morgan fingerprint density at radius 1 is 1.12 bits per heavy atom. The average Bonchev–Trinajstić information content (AvgIpc) is 2.80. The Labute approximate surface area is 203 Å². The first-order valence-corrected chi connectivity index (χ1v) is 11.4. The quantitative estimate of drug-likeness (QED) is 0.357. The number of hydrogen-bond donors (Lipinski definition) is 0. The predicted molar refractivity (Wildman–Crippen MR) is 127 cm³/mol. The molecule has 0 spiro atoms. The summed E-state index contributed by atoms with van der Waals surface area (Å²) in [5, 5.41) is 0.718. The molecule has 4 rings (SSSR count). The lowest BCUT2D eigenvalue weighted by atomic mass is 9.91. The fourth-order valence-corrected chi connectivity index (χ4v) is 4.05. The topological polar surface area (TPSA) is 54.0 Å². The first-order valence-electron chi connectivity index (χ1n) is 11.1. The van der Waals surface area contributed by atoms with E-state index in [-0.39, 0.29) is 33.0 Å². The number of benzene rings is 3. The van der Waals surface area contributed by atoms with E-state index in [1.807, 2.05) is 49.4 Å². The van der Waals surface area contributed by atoms with Crippen LogP contribution in [0.25, 0.3) is 11.1 Å². The van der Waals surface area contributed by atoms with E-state index in [1.54, 1.807) is 19.1 Å². The van der Waals surface area contributed by atoms with Crippen LogP contribution in [0.15, 0.2) is 60.7 Å². The van der Waals surface area contributed by atoms with Crippen LogP contribution < -0.4 is 4.74 Å². The zero-order chi connectivity index (χ0) is 24.1. The molecular weight excluding hydrogens is 459 g/mol. The van der Waals surface area contributed by atoms with Gasteiger partial charge < -0.3 is 18.9 Å². The van der Waals surface area contributed by atoms with Crippen LogP contribution in [-0.2, 0) is 31.2 Å². The van der Waals surface area contributed by atoms with E-state index in [1.165, 1.54) is 6.07 Å². The summed E-state index contributed by atoms with van der Waals surface area (Å²) in [6.07, 6.45) is 0. The average molecular weight is 485 g/mol. The first kappa shape index (κ1) is 24.2. The smallest absolute Gasteiger partial charge is 0.332 e. The van der Waals surface area contributed by atoms with E-state index in [9.17, 15) is 9.18 Å². The zero-order valence-electron chi connectivity index (χ0n) is 19.1. The summed E-state index contributed by atoms with van der Waals surface area (Å²) in [5.41, 5.74) is 3.38. The van der Waals surface area contributed by atoms with Crippen molar-refractivity contribution in [2.24, 2.45) is 0 Å². The summed E-state index contributed by atoms with van der Waals surface area (Å²) in [4.78, 5) is 11.7. The molecule has 1 fully saturated rings. The molecule has 0 unspecified atom stereocenters. The minimum atomic E-state index is -1.00. The van der Waals surface area contributed by atoms with Crippen molar-refractivity contribution in [1.82, 2.24) is 0 Å². The molecule has 7 heteroatoms. The van der Waals surface area contributed by atoms with Crippen LogP contribution >= 0.6 is 11.6 Å². The number of carbonyl (C=O) groups is 1. The lowest BCUT2D eigenvalue weighted by molar-refractivity contribution is -0.222. The van der Waals surface area contributed by atoms with Gasteiger partial charge in [-0.25, -0.2) is 9.18 Å². The Hall–Kier alpha value is -2.93. The largest absolute Gasteiger partial charge is 0.489 e. The molecule has 178 valence electrons. The van der Waals surface area contributed by atoms with Crippen molar-refractivity contribution >= 4 is 17.6 Å². The second-order valence-electron chi connectivity index (χ2n) is 8.12. The van der Waals surface area contributed by atoms with Crippen LogP contribution in [0.3, 0.4) is 0 Å². The number of rotatable bonds is 9. The summed E-state index contributed by atoms with van der Waals surface area (Å²) >= 11 is 6.27. The number of halogens is 2. The fourth-order valence-electron chi connectivity index (χ4n) is 3.87. The van der Waals surface area contributed by atoms with Gasteiger partial charge >= 0.3 is 5.97 Å². The molecule has 0 aromatic heterocycles. The Morgan fingerprint density at radius 2 is 1.91 bits per heavy atom. The van der Waals surface area contributed by atoms with Crippen molar-refractivity contribution in [2.75, 3.05) is 26.4 Å². The highest BCUT2D eigenvalue weighted by Gasteiger charge is 2.44. The van der Waals surface area contributed by atoms with Gasteiger partial charge in [-0.3, -0.25) is 0 Å². The third-order valence-corrected chi connectivity index (χ3v) is 6.19. The van der Waals surface area contributed by atoms with Gasteiger partial charge in [0.15, 0.2) is 0 Å². The number of esters is 1. The molecule has 1 aliphatic heterocycles. The minimum Gasteiger partial charge on any atom is -0.489 e. The standard InChI is InChI=1S/C27H26ClFO5/c1-3-32-26(30)15-34-27(16-31-17-27)23-11-10-21(13-25(23)29)33-14-19-6-4-7-20(12-19)22-8-5-9-24(28)18(22)2/h4-13H,3,14-17H2,1-2H3. The maximum absolute atomic E-state index is 15.0. The van der Waals surface area contributed by atoms with Crippen molar-refractivity contribution in [3.05, 3.63) is 88.2 Å². The number of hydrogen-bond acceptors (Lipinski definition) is 5. The van der Waals surface area contributed by atoms with Crippen LogP contribution in [0.5, 0.6) is 5.75 Å². The van der Waals surface area contributed by atoms with E-state index in [2.05, 4.69) is 0 Å². The van der Waals surface area contributed by atoms with Gasteiger partial charge in [0.2, 0.25) is 0 Å². The van der Waals surface area contributed by atoms with E-state index in [4.69, 9.17) is 30.5 Å². The molecular formula is C27H26ClFO5. The molecule has 0 aliphatic carbocycles. The highest BCUT2D eigenvalue weighted by Crippen LogP contribution is 2.37. The van der Waals surface area contributed by atoms with Crippen LogP contribution in [0.1, 0.15) is 23.6 Å². The Bertz CT molecular complexity index is 1180. The molecule has 0 atom stereocenters. The summed E-state index contributed by atoms with van der Waals surface area (Å²) in [6.45, 7) is 4.30. The molecule has 1 saturated heterocycles. The van der Waals surface area contributed by atoms with Gasteiger partial charge in [0.1, 0.15) is 30.4 Å². The van der Waals surface area contributed by atoms with Gasteiger partial charge in [-0.2, -0.15) is 0 Å². The summed E-state index contributed by atoms with van der Waals surface area (Å²) in [6, 6.07) is 18.4. The van der Waals surface area contributed by atoms with Crippen molar-refractivity contribution in [1.29, 1.82) is 0 Å². The maximum atomic E-state index is 15.0. The van der Waals surface area contributed by atoms with Crippen LogP contribution in [0, 0.1) is 12.7 Å². The molecule has 1 heterocycles. The predicted octanol–water partition coefficient (Wildman–Crippen LogP) is 5.84. The molecule has 34 heavy (non-hydrogen) atoms. The van der Waals surface area contributed by atoms with E-state index >= 15 is 0 Å². The van der Waals surface area contributed by atoms with Crippen LogP contribution in [0.4, 0.5) is 4.39 Å². The number of ether oxygens (including phenoxy) is 4. The third-order valence-electron chi connectivity index (χ3n) is 5.78. The van der Waals surface area contributed by atoms with Crippen molar-refractivity contribution in [3.63, 3.8) is 0 Å². The fraction of sp³-hybridized carbons (Fsp3) is 0.296. The van der Waals surface area contributed by atoms with E-state index in [0.29, 0.717) is 11.3 Å². The highest BCUT2D eigenvalue weighted by atomic mass is 35.5. The van der Waals surface area contributed by atoms with E-state index < -0.39 is 17.4 Å². The second-order valence-corrected chi connectivity index (χ2v) is 8.53. The lowest BCUT2D eigenvalue weighted by Gasteiger charge is -2.41. The molecule has 0 radical (unpaired) electrons. The zero-order valence-corrected chi connectivity index (χ0v) is 19.9. The molecule has 1 aliphatic rings. The lowest BCUT2D eigenvalue weighted by Crippen LogP contribution is -2.50. The molecule has 0 saturated carbocycles. The van der Waals surface area contributed by atoms with Crippen molar-refractivity contribution in [3.8, 4) is 16.9 Å². The normalized spacial score (nSPS) is 14.4. The SMILES string of the molecule is CCOC(=O)COC1(c2ccc(OCc3cccc(-c4cccc(Cl)c4C)c3)cc2F)COC1. The Kier molecular flexibility index (Phi) is 7.51. The van der Waals surface area contributed by atoms with Gasteiger partial charge in [-0.05, 0) is 60.4 Å². The van der Waals surface area contributed by atoms with Gasteiger partial charge in [0.25, 0.3) is 0 Å². The molecule has 3 aromatic carbocycles. The van der Waals surface area contributed by atoms with Crippen molar-refractivity contribution in [2.45, 2.75) is 26.1 Å². The van der Waals surface area contributed by atoms with Crippen LogP contribution in [0.2, 0.25) is 5.02 Å². The van der Waals surface area contributed by atoms with Gasteiger partial charge in [0, 0.05) is 16.7 Å². The van der Waals surface area contributed by atoms with Gasteiger partial charge in [-0.1, -0.05) is 41.9 Å². The summed E-state index contributed by atoms with van der Waals surface area (Å²) < 4.78 is 36.7. The molecule has 3 aromatic rings. The minimum absolute atomic E-state index is 0.166. The monoisotopic (exact) mass is 484 g/mol. The first-order chi connectivity index (χ1) is 16.4. The Morgan fingerprint density at radius 3 is 2.62 bits per heavy atom. The molecule has 0 amide bonds. The third kappa shape index (κ3) is 5.25. The Balaban J connectivity index is 1.44. The van der Waals surface area contributed by atoms with E-state index in [0.717, 1.165) is 27.3 Å². The molecule has 5 nitrogen and oxygen atoms in total. The van der Waals surface area contributed by atoms with Gasteiger partial charge in [-0.15, -0.1) is 0 Å². The maximum Gasteiger partial charge on any atom is 0.332 e. The van der Waals surface area contributed by atoms with Crippen LogP contribution in [-0.4, -0.2) is 32.4 Å². The summed E-state index contributed by atoms with van der Waals surface area (Å²) in [5.74, 6) is -0.580. The summed E-state index contributed by atoms with van der Waals surface area (Å²) in [7, 11) is 0. The highest BCUT2D eigenvalue weighted by molar-refractivity contribution is 6.31. The second kappa shape index (κ2) is 10.6.